The van der Waals surface area contributed by atoms with Gasteiger partial charge in [0, 0.05) is 10.4 Å². The van der Waals surface area contributed by atoms with Crippen molar-refractivity contribution in [3.05, 3.63) is 40.3 Å². The van der Waals surface area contributed by atoms with Crippen LogP contribution in [0.1, 0.15) is 48.6 Å². The van der Waals surface area contributed by atoms with Crippen molar-refractivity contribution in [1.82, 2.24) is 0 Å². The average Bonchev–Trinajstić information content (AvgIpc) is 2.91. The van der Waals surface area contributed by atoms with Gasteiger partial charge in [0.25, 0.3) is 10.0 Å². The fourth-order valence-corrected chi connectivity index (χ4v) is 5.89. The lowest BCUT2D eigenvalue weighted by atomic mass is 9.96. The van der Waals surface area contributed by atoms with Crippen LogP contribution in [0, 0.1) is 5.41 Å². The zero-order valence-electron chi connectivity index (χ0n) is 15.2. The van der Waals surface area contributed by atoms with E-state index in [1.165, 1.54) is 23.5 Å². The standard InChI is InChI=1S/C19H24N2O4S2/c1-2-25-13-9-11-14(12-10-13)27(23,24)21-19-17(18(20)22)15-7-5-3-4-6-8-16(15)26-19/h9-12,21H,2-8H2,1H3,(H2,20,22)/p-1. The Bertz CT molecular complexity index is 918. The Balaban J connectivity index is 1.93. The largest absolute Gasteiger partial charge is 0.859 e. The molecule has 1 heterocycles. The molecule has 0 spiro atoms. The van der Waals surface area contributed by atoms with Crippen molar-refractivity contribution in [2.24, 2.45) is 0 Å². The molecule has 0 fully saturated rings. The lowest BCUT2D eigenvalue weighted by Gasteiger charge is -2.15. The second-order valence-electron chi connectivity index (χ2n) is 6.46. The molecule has 0 unspecified atom stereocenters. The average molecular weight is 408 g/mol. The fraction of sp³-hybridized carbons (Fsp3) is 0.421. The summed E-state index contributed by atoms with van der Waals surface area (Å²) in [6, 6.07) is 6.14. The van der Waals surface area contributed by atoms with Gasteiger partial charge >= 0.3 is 0 Å². The number of nitrogens with one attached hydrogen (secondary N) is 2. The van der Waals surface area contributed by atoms with E-state index >= 15 is 0 Å². The number of anilines is 1. The smallest absolute Gasteiger partial charge is 0.262 e. The van der Waals surface area contributed by atoms with Crippen molar-refractivity contribution in [3.8, 4) is 5.75 Å². The van der Waals surface area contributed by atoms with E-state index in [2.05, 4.69) is 4.72 Å². The van der Waals surface area contributed by atoms with Gasteiger partial charge in [0.15, 0.2) is 0 Å². The Morgan fingerprint density at radius 2 is 1.85 bits per heavy atom. The van der Waals surface area contributed by atoms with Crippen LogP contribution in [0.15, 0.2) is 29.2 Å². The maximum Gasteiger partial charge on any atom is 0.262 e. The Kier molecular flexibility index (Phi) is 6.06. The number of thiophene rings is 1. The molecule has 3 rings (SSSR count). The predicted octanol–water partition coefficient (Wildman–Crippen LogP) is 3.29. The van der Waals surface area contributed by atoms with Gasteiger partial charge in [-0.25, -0.2) is 8.42 Å². The van der Waals surface area contributed by atoms with Crippen molar-refractivity contribution < 1.29 is 18.3 Å². The molecular formula is C19H23N2O4S2-. The van der Waals surface area contributed by atoms with Gasteiger partial charge in [-0.3, -0.25) is 4.72 Å². The Labute approximate surface area is 163 Å². The van der Waals surface area contributed by atoms with Crippen molar-refractivity contribution in [1.29, 1.82) is 5.41 Å². The summed E-state index contributed by atoms with van der Waals surface area (Å²) in [5.41, 5.74) is 1.07. The van der Waals surface area contributed by atoms with Gasteiger partial charge < -0.3 is 15.3 Å². The van der Waals surface area contributed by atoms with Crippen LogP contribution in [0.25, 0.3) is 0 Å². The summed E-state index contributed by atoms with van der Waals surface area (Å²) < 4.78 is 33.4. The third-order valence-corrected chi connectivity index (χ3v) is 7.27. The minimum Gasteiger partial charge on any atom is -0.859 e. The number of rotatable bonds is 6. The van der Waals surface area contributed by atoms with Crippen LogP contribution in [0.5, 0.6) is 5.75 Å². The predicted molar refractivity (Wildman–Crippen MR) is 105 cm³/mol. The molecule has 0 amide bonds. The first-order valence-electron chi connectivity index (χ1n) is 9.08. The van der Waals surface area contributed by atoms with E-state index in [0.717, 1.165) is 49.0 Å². The molecule has 1 aliphatic carbocycles. The maximum absolute atomic E-state index is 12.8. The normalized spacial score (nSPS) is 14.7. The number of hydrogen-bond acceptors (Lipinski definition) is 6. The molecule has 1 aromatic carbocycles. The third-order valence-electron chi connectivity index (χ3n) is 4.57. The minimum atomic E-state index is -3.85. The van der Waals surface area contributed by atoms with Crippen molar-refractivity contribution in [2.45, 2.75) is 50.3 Å². The molecule has 0 atom stereocenters. The van der Waals surface area contributed by atoms with Crippen LogP contribution >= 0.6 is 11.3 Å². The molecule has 0 aliphatic heterocycles. The molecule has 1 aliphatic rings. The van der Waals surface area contributed by atoms with Crippen LogP contribution in [0.4, 0.5) is 5.00 Å². The first-order valence-corrected chi connectivity index (χ1v) is 11.4. The Hall–Kier alpha value is -2.06. The Morgan fingerprint density at radius 1 is 1.19 bits per heavy atom. The Morgan fingerprint density at radius 3 is 2.48 bits per heavy atom. The van der Waals surface area contributed by atoms with Crippen LogP contribution in [-0.4, -0.2) is 20.9 Å². The van der Waals surface area contributed by atoms with Gasteiger partial charge in [0.1, 0.15) is 10.8 Å². The summed E-state index contributed by atoms with van der Waals surface area (Å²) in [6.07, 6.45) is 5.74. The number of sulfonamides is 1. The second-order valence-corrected chi connectivity index (χ2v) is 9.25. The van der Waals surface area contributed by atoms with Crippen LogP contribution in [0.3, 0.4) is 0 Å². The van der Waals surface area contributed by atoms with E-state index in [9.17, 15) is 13.5 Å². The maximum atomic E-state index is 12.8. The van der Waals surface area contributed by atoms with Gasteiger partial charge in [0.05, 0.1) is 11.5 Å². The molecule has 0 saturated heterocycles. The molecule has 146 valence electrons. The molecular weight excluding hydrogens is 384 g/mol. The zero-order chi connectivity index (χ0) is 19.4. The molecule has 1 aromatic heterocycles. The van der Waals surface area contributed by atoms with Crippen molar-refractivity contribution in [2.75, 3.05) is 11.3 Å². The van der Waals surface area contributed by atoms with Crippen LogP contribution in [0.2, 0.25) is 0 Å². The lowest BCUT2D eigenvalue weighted by molar-refractivity contribution is -0.214. The van der Waals surface area contributed by atoms with Gasteiger partial charge in [0.2, 0.25) is 0 Å². The summed E-state index contributed by atoms with van der Waals surface area (Å²) in [5.74, 6) is -0.241. The molecule has 8 heteroatoms. The highest BCUT2D eigenvalue weighted by Crippen LogP contribution is 2.38. The van der Waals surface area contributed by atoms with E-state index in [0.29, 0.717) is 12.4 Å². The zero-order valence-corrected chi connectivity index (χ0v) is 16.8. The quantitative estimate of drug-likeness (QED) is 0.566. The van der Waals surface area contributed by atoms with E-state index in [-0.39, 0.29) is 15.5 Å². The molecule has 2 aromatic rings. The molecule has 2 N–H and O–H groups in total. The molecule has 0 saturated carbocycles. The van der Waals surface area contributed by atoms with Crippen LogP contribution in [-0.2, 0) is 22.9 Å². The SMILES string of the molecule is CCOc1ccc(S(=O)(=O)Nc2sc3c(c2C(=N)[O-])CCCCCC3)cc1. The first-order chi connectivity index (χ1) is 12.9. The molecule has 0 radical (unpaired) electrons. The number of ether oxygens (including phenoxy) is 1. The fourth-order valence-electron chi connectivity index (χ4n) is 3.29. The second kappa shape index (κ2) is 8.31. The molecule has 6 nitrogen and oxygen atoms in total. The summed E-state index contributed by atoms with van der Waals surface area (Å²) >= 11 is 1.29. The van der Waals surface area contributed by atoms with Crippen molar-refractivity contribution in [3.63, 3.8) is 0 Å². The molecule has 0 bridgehead atoms. The van der Waals surface area contributed by atoms with Crippen LogP contribution < -0.4 is 14.6 Å². The summed E-state index contributed by atoms with van der Waals surface area (Å²) in [4.78, 5) is 1.12. The summed E-state index contributed by atoms with van der Waals surface area (Å²) in [5, 5.41) is 19.9. The van der Waals surface area contributed by atoms with Gasteiger partial charge in [-0.2, -0.15) is 0 Å². The number of hydrogen-bond donors (Lipinski definition) is 2. The number of fused-ring (bicyclic) bond motifs is 1. The van der Waals surface area contributed by atoms with E-state index in [1.54, 1.807) is 12.1 Å². The first kappa shape index (κ1) is 19.7. The van der Waals surface area contributed by atoms with Gasteiger partial charge in [-0.15, -0.1) is 11.3 Å². The highest BCUT2D eigenvalue weighted by atomic mass is 32.2. The third kappa shape index (κ3) is 4.44. The van der Waals surface area contributed by atoms with E-state index < -0.39 is 15.9 Å². The lowest BCUT2D eigenvalue weighted by Crippen LogP contribution is -2.21. The van der Waals surface area contributed by atoms with Gasteiger partial charge in [-0.1, -0.05) is 12.8 Å². The van der Waals surface area contributed by atoms with E-state index in [1.807, 2.05) is 6.92 Å². The van der Waals surface area contributed by atoms with Crippen molar-refractivity contribution >= 4 is 32.3 Å². The highest BCUT2D eigenvalue weighted by molar-refractivity contribution is 7.93. The topological polar surface area (TPSA) is 102 Å². The van der Waals surface area contributed by atoms with Gasteiger partial charge in [-0.05, 0) is 68.3 Å². The monoisotopic (exact) mass is 407 g/mol. The highest BCUT2D eigenvalue weighted by Gasteiger charge is 2.23. The number of aryl methyl sites for hydroxylation is 1. The summed E-state index contributed by atoms with van der Waals surface area (Å²) in [7, 11) is -3.85. The molecule has 27 heavy (non-hydrogen) atoms. The van der Waals surface area contributed by atoms with E-state index in [4.69, 9.17) is 10.1 Å². The summed E-state index contributed by atoms with van der Waals surface area (Å²) in [6.45, 7) is 2.36. The number of benzene rings is 1. The minimum absolute atomic E-state index is 0.0927.